The number of amides is 2. The molecule has 0 heterocycles. The monoisotopic (exact) mass is 528 g/mol. The number of carbonyl (C=O) groups is 4. The second-order valence-corrected chi connectivity index (χ2v) is 9.29. The molecule has 0 saturated carbocycles. The van der Waals surface area contributed by atoms with Gasteiger partial charge in [0.05, 0.1) is 0 Å². The van der Waals surface area contributed by atoms with Crippen molar-refractivity contribution in [1.29, 1.82) is 0 Å². The highest BCUT2D eigenvalue weighted by Gasteiger charge is 2.15. The number of ketones is 2. The van der Waals surface area contributed by atoms with Crippen LogP contribution in [0.1, 0.15) is 50.5 Å². The zero-order valence-electron chi connectivity index (χ0n) is 21.9. The summed E-state index contributed by atoms with van der Waals surface area (Å²) >= 11 is 0. The summed E-state index contributed by atoms with van der Waals surface area (Å²) < 4.78 is 0. The zero-order chi connectivity index (χ0) is 27.8. The van der Waals surface area contributed by atoms with E-state index in [0.29, 0.717) is 51.0 Å². The van der Waals surface area contributed by atoms with Gasteiger partial charge in [0.2, 0.25) is 23.4 Å². The van der Waals surface area contributed by atoms with Crippen LogP contribution in [0.4, 0.5) is 0 Å². The summed E-state index contributed by atoms with van der Waals surface area (Å²) in [6.45, 7) is 3.92. The van der Waals surface area contributed by atoms with E-state index in [4.69, 9.17) is 5.73 Å². The molecule has 0 atom stereocenters. The summed E-state index contributed by atoms with van der Waals surface area (Å²) in [7, 11) is 0. The van der Waals surface area contributed by atoms with Crippen molar-refractivity contribution >= 4 is 23.4 Å². The van der Waals surface area contributed by atoms with Crippen LogP contribution in [0.2, 0.25) is 0 Å². The molecule has 0 aromatic heterocycles. The molecule has 0 spiro atoms. The number of carbonyl (C=O) groups excluding carboxylic acids is 4. The molecule has 10 nitrogen and oxygen atoms in total. The third kappa shape index (κ3) is 11.7. The maximum absolute atomic E-state index is 12.7. The summed E-state index contributed by atoms with van der Waals surface area (Å²) in [5.41, 5.74) is 7.11. The summed E-state index contributed by atoms with van der Waals surface area (Å²) in [6, 6.07) is 4.60. The molecule has 1 aromatic rings. The van der Waals surface area contributed by atoms with Crippen molar-refractivity contribution in [1.82, 2.24) is 15.5 Å². The lowest BCUT2D eigenvalue weighted by Crippen LogP contribution is -2.34. The van der Waals surface area contributed by atoms with Gasteiger partial charge < -0.3 is 31.5 Å². The molecule has 2 rings (SSSR count). The molecule has 0 aliphatic heterocycles. The van der Waals surface area contributed by atoms with E-state index in [-0.39, 0.29) is 29.7 Å². The maximum Gasteiger partial charge on any atom is 0.225 e. The predicted molar refractivity (Wildman–Crippen MR) is 145 cm³/mol. The molecule has 1 aliphatic carbocycles. The highest BCUT2D eigenvalue weighted by molar-refractivity contribution is 6.46. The number of phenolic OH excluding ortho intramolecular Hbond substituents is 2. The molecular weight excluding hydrogens is 488 g/mol. The lowest BCUT2D eigenvalue weighted by molar-refractivity contribution is -0.131. The molecule has 0 fully saturated rings. The molecular formula is C28H40N4O6. The van der Waals surface area contributed by atoms with E-state index in [0.717, 1.165) is 44.3 Å². The fourth-order valence-electron chi connectivity index (χ4n) is 3.95. The van der Waals surface area contributed by atoms with Crippen LogP contribution in [-0.2, 0) is 25.6 Å². The first-order chi connectivity index (χ1) is 18.3. The SMILES string of the molecule is NCCCN(CCCCNCCCNC(=O)CCC1=CC(=O)C(=O)C=C1)C(=O)CCc1ccc(O)c(O)c1. The minimum absolute atomic E-state index is 0.0469. The topological polar surface area (TPSA) is 162 Å². The fraction of sp³-hybridized carbons (Fsp3) is 0.500. The number of nitrogens with zero attached hydrogens (tertiary/aromatic N) is 1. The molecule has 6 N–H and O–H groups in total. The van der Waals surface area contributed by atoms with Gasteiger partial charge in [-0.2, -0.15) is 0 Å². The van der Waals surface area contributed by atoms with Gasteiger partial charge in [-0.3, -0.25) is 19.2 Å². The van der Waals surface area contributed by atoms with Crippen LogP contribution >= 0.6 is 0 Å². The Morgan fingerprint density at radius 2 is 1.61 bits per heavy atom. The van der Waals surface area contributed by atoms with Crippen LogP contribution < -0.4 is 16.4 Å². The number of aryl methyl sites for hydroxylation is 1. The van der Waals surface area contributed by atoms with Crippen molar-refractivity contribution in [3.05, 3.63) is 47.6 Å². The van der Waals surface area contributed by atoms with Crippen LogP contribution in [0.15, 0.2) is 42.0 Å². The molecule has 2 amide bonds. The van der Waals surface area contributed by atoms with Crippen molar-refractivity contribution in [2.45, 2.75) is 51.4 Å². The van der Waals surface area contributed by atoms with E-state index in [1.165, 1.54) is 24.3 Å². The number of unbranched alkanes of at least 4 members (excludes halogenated alkanes) is 1. The van der Waals surface area contributed by atoms with E-state index >= 15 is 0 Å². The Kier molecular flexibility index (Phi) is 13.8. The number of aromatic hydroxyl groups is 2. The van der Waals surface area contributed by atoms with Gasteiger partial charge >= 0.3 is 0 Å². The Morgan fingerprint density at radius 1 is 0.842 bits per heavy atom. The Labute approximate surface area is 224 Å². The van der Waals surface area contributed by atoms with E-state index < -0.39 is 11.6 Å². The third-order valence-corrected chi connectivity index (χ3v) is 6.19. The lowest BCUT2D eigenvalue weighted by atomic mass is 10.0. The molecule has 38 heavy (non-hydrogen) atoms. The number of phenols is 2. The highest BCUT2D eigenvalue weighted by atomic mass is 16.3. The van der Waals surface area contributed by atoms with Gasteiger partial charge in [0.25, 0.3) is 0 Å². The van der Waals surface area contributed by atoms with Crippen LogP contribution in [0.5, 0.6) is 11.5 Å². The predicted octanol–water partition coefficient (Wildman–Crippen LogP) is 1.50. The van der Waals surface area contributed by atoms with Gasteiger partial charge in [-0.05, 0) is 93.6 Å². The van der Waals surface area contributed by atoms with Gasteiger partial charge in [0.1, 0.15) is 0 Å². The fourth-order valence-corrected chi connectivity index (χ4v) is 3.95. The highest BCUT2D eigenvalue weighted by Crippen LogP contribution is 2.25. The standard InChI is InChI=1S/C28H40N4O6/c29-13-3-18-32(28(38)12-8-22-6-10-24(34)26(36)20-22)17-2-1-14-30-15-4-16-31-27(37)11-7-21-5-9-23(33)25(35)19-21/h5-6,9-10,19-20,30,34,36H,1-4,7-8,11-18,29H2,(H,31,37). The van der Waals surface area contributed by atoms with Gasteiger partial charge in [0, 0.05) is 32.5 Å². The number of hydrogen-bond donors (Lipinski definition) is 5. The minimum atomic E-state index is -0.545. The van der Waals surface area contributed by atoms with E-state index in [9.17, 15) is 29.4 Å². The number of rotatable bonds is 18. The summed E-state index contributed by atoms with van der Waals surface area (Å²) in [5, 5.41) is 25.3. The van der Waals surface area contributed by atoms with E-state index in [1.54, 1.807) is 12.1 Å². The third-order valence-electron chi connectivity index (χ3n) is 6.19. The first-order valence-corrected chi connectivity index (χ1v) is 13.2. The average molecular weight is 529 g/mol. The number of allylic oxidation sites excluding steroid dienone is 4. The Bertz CT molecular complexity index is 1020. The van der Waals surface area contributed by atoms with E-state index in [2.05, 4.69) is 10.6 Å². The summed E-state index contributed by atoms with van der Waals surface area (Å²) in [6.07, 6.45) is 8.90. The van der Waals surface area contributed by atoms with E-state index in [1.807, 2.05) is 4.90 Å². The van der Waals surface area contributed by atoms with Gasteiger partial charge in [-0.1, -0.05) is 12.1 Å². The molecule has 0 bridgehead atoms. The van der Waals surface area contributed by atoms with Crippen LogP contribution in [-0.4, -0.2) is 77.8 Å². The quantitative estimate of drug-likeness (QED) is 0.0829. The first-order valence-electron chi connectivity index (χ1n) is 13.2. The number of hydrogen-bond acceptors (Lipinski definition) is 8. The van der Waals surface area contributed by atoms with Crippen LogP contribution in [0, 0.1) is 0 Å². The summed E-state index contributed by atoms with van der Waals surface area (Å²) in [4.78, 5) is 49.0. The molecule has 208 valence electrons. The average Bonchev–Trinajstić information content (AvgIpc) is 2.90. The molecule has 0 unspecified atom stereocenters. The van der Waals surface area contributed by atoms with Crippen molar-refractivity contribution in [3.8, 4) is 11.5 Å². The molecule has 1 aromatic carbocycles. The zero-order valence-corrected chi connectivity index (χ0v) is 21.9. The Balaban J connectivity index is 1.54. The van der Waals surface area contributed by atoms with Gasteiger partial charge in [0.15, 0.2) is 11.5 Å². The van der Waals surface area contributed by atoms with Crippen LogP contribution in [0.25, 0.3) is 0 Å². The smallest absolute Gasteiger partial charge is 0.225 e. The molecule has 10 heteroatoms. The van der Waals surface area contributed by atoms with Gasteiger partial charge in [-0.15, -0.1) is 0 Å². The Hall–Kier alpha value is -3.50. The van der Waals surface area contributed by atoms with Crippen molar-refractivity contribution in [2.24, 2.45) is 5.73 Å². The lowest BCUT2D eigenvalue weighted by Gasteiger charge is -2.23. The number of benzene rings is 1. The van der Waals surface area contributed by atoms with Crippen molar-refractivity contribution in [2.75, 3.05) is 39.3 Å². The van der Waals surface area contributed by atoms with Crippen molar-refractivity contribution < 1.29 is 29.4 Å². The maximum atomic E-state index is 12.7. The van der Waals surface area contributed by atoms with Gasteiger partial charge in [-0.25, -0.2) is 0 Å². The largest absolute Gasteiger partial charge is 0.504 e. The number of nitrogens with one attached hydrogen (secondary N) is 2. The Morgan fingerprint density at radius 3 is 2.34 bits per heavy atom. The molecule has 0 saturated heterocycles. The second-order valence-electron chi connectivity index (χ2n) is 9.29. The van der Waals surface area contributed by atoms with Crippen molar-refractivity contribution in [3.63, 3.8) is 0 Å². The normalized spacial score (nSPS) is 12.9. The minimum Gasteiger partial charge on any atom is -0.504 e. The first kappa shape index (κ1) is 30.7. The number of nitrogens with two attached hydrogens (primary N) is 1. The summed E-state index contributed by atoms with van der Waals surface area (Å²) in [5.74, 6) is -1.49. The van der Waals surface area contributed by atoms with Crippen LogP contribution in [0.3, 0.4) is 0 Å². The second kappa shape index (κ2) is 17.1. The molecule has 0 radical (unpaired) electrons. The molecule has 1 aliphatic rings.